The van der Waals surface area contributed by atoms with Crippen molar-refractivity contribution in [3.8, 4) is 0 Å². The highest BCUT2D eigenvalue weighted by molar-refractivity contribution is 7.98. The summed E-state index contributed by atoms with van der Waals surface area (Å²) >= 11 is 1.78. The van der Waals surface area contributed by atoms with E-state index in [0.29, 0.717) is 18.1 Å². The second kappa shape index (κ2) is 9.78. The number of para-hydroxylation sites is 1. The third kappa shape index (κ3) is 6.13. The second-order valence-corrected chi connectivity index (χ2v) is 8.84. The van der Waals surface area contributed by atoms with Crippen LogP contribution in [0, 0.1) is 0 Å². The number of hydrogen-bond acceptors (Lipinski definition) is 3. The predicted octanol–water partition coefficient (Wildman–Crippen LogP) is 5.77. The van der Waals surface area contributed by atoms with Gasteiger partial charge in [-0.3, -0.25) is 9.59 Å². The highest BCUT2D eigenvalue weighted by atomic mass is 32.2. The highest BCUT2D eigenvalue weighted by Gasteiger charge is 2.25. The average molecular weight is 399 g/mol. The summed E-state index contributed by atoms with van der Waals surface area (Å²) in [5, 5.41) is 6.29. The van der Waals surface area contributed by atoms with Gasteiger partial charge < -0.3 is 10.6 Å². The Morgan fingerprint density at radius 3 is 2.46 bits per heavy atom. The van der Waals surface area contributed by atoms with Crippen molar-refractivity contribution in [2.45, 2.75) is 51.2 Å². The number of thioether (sulfide) groups is 1. The lowest BCUT2D eigenvalue weighted by atomic mass is 9.79. The quantitative estimate of drug-likeness (QED) is 0.594. The maximum Gasteiger partial charge on any atom is 0.224 e. The molecule has 0 spiro atoms. The first-order valence-corrected chi connectivity index (χ1v) is 10.8. The molecule has 2 amide bonds. The van der Waals surface area contributed by atoms with Gasteiger partial charge in [-0.1, -0.05) is 44.2 Å². The van der Waals surface area contributed by atoms with Gasteiger partial charge in [0.2, 0.25) is 11.8 Å². The van der Waals surface area contributed by atoms with E-state index in [9.17, 15) is 9.59 Å². The van der Waals surface area contributed by atoms with Crippen LogP contribution in [0.4, 0.5) is 11.4 Å². The monoisotopic (exact) mass is 398 g/mol. The molecule has 28 heavy (non-hydrogen) atoms. The van der Waals surface area contributed by atoms with Crippen molar-refractivity contribution in [2.75, 3.05) is 16.9 Å². The molecule has 4 nitrogen and oxygen atoms in total. The van der Waals surface area contributed by atoms with E-state index >= 15 is 0 Å². The molecule has 0 aliphatic carbocycles. The smallest absolute Gasteiger partial charge is 0.224 e. The zero-order valence-corrected chi connectivity index (χ0v) is 18.2. The number of nitrogens with one attached hydrogen (secondary N) is 2. The molecule has 0 heterocycles. The van der Waals surface area contributed by atoms with Crippen LogP contribution >= 0.6 is 11.8 Å². The Morgan fingerprint density at radius 2 is 1.79 bits per heavy atom. The molecule has 0 saturated carbocycles. The Hall–Kier alpha value is -2.27. The van der Waals surface area contributed by atoms with Crippen LogP contribution in [0.5, 0.6) is 0 Å². The maximum atomic E-state index is 12.5. The second-order valence-electron chi connectivity index (χ2n) is 7.66. The van der Waals surface area contributed by atoms with Gasteiger partial charge in [-0.15, -0.1) is 0 Å². The summed E-state index contributed by atoms with van der Waals surface area (Å²) in [5.74, 6) is -0.0978. The van der Waals surface area contributed by atoms with Crippen LogP contribution in [0.2, 0.25) is 0 Å². The first-order chi connectivity index (χ1) is 13.2. The van der Waals surface area contributed by atoms with Crippen molar-refractivity contribution in [3.63, 3.8) is 0 Å². The molecule has 0 aliphatic heterocycles. The SMILES string of the molecule is CSC(C)c1cccc(NC(=O)CCC(C)(C)c2ccccc2NC(C)=O)c1. The molecule has 0 aliphatic rings. The topological polar surface area (TPSA) is 58.2 Å². The molecule has 1 atom stereocenters. The van der Waals surface area contributed by atoms with Gasteiger partial charge in [-0.2, -0.15) is 11.8 Å². The summed E-state index contributed by atoms with van der Waals surface area (Å²) in [5.41, 5.74) is 3.63. The van der Waals surface area contributed by atoms with E-state index in [1.165, 1.54) is 12.5 Å². The number of benzene rings is 2. The van der Waals surface area contributed by atoms with E-state index in [-0.39, 0.29) is 17.2 Å². The fourth-order valence-corrected chi connectivity index (χ4v) is 3.58. The fourth-order valence-electron chi connectivity index (χ4n) is 3.16. The third-order valence-electron chi connectivity index (χ3n) is 4.94. The number of hydrogen-bond donors (Lipinski definition) is 2. The minimum Gasteiger partial charge on any atom is -0.326 e. The summed E-state index contributed by atoms with van der Waals surface area (Å²) in [7, 11) is 0. The summed E-state index contributed by atoms with van der Waals surface area (Å²) in [4.78, 5) is 24.0. The first kappa shape index (κ1) is 22.0. The van der Waals surface area contributed by atoms with Gasteiger partial charge >= 0.3 is 0 Å². The molecule has 0 radical (unpaired) electrons. The molecule has 2 aromatic rings. The molecule has 5 heteroatoms. The van der Waals surface area contributed by atoms with Crippen molar-refractivity contribution in [3.05, 3.63) is 59.7 Å². The van der Waals surface area contributed by atoms with Crippen molar-refractivity contribution in [1.29, 1.82) is 0 Å². The highest BCUT2D eigenvalue weighted by Crippen LogP contribution is 2.34. The van der Waals surface area contributed by atoms with Gasteiger partial charge in [-0.25, -0.2) is 0 Å². The molecule has 1 unspecified atom stereocenters. The lowest BCUT2D eigenvalue weighted by Gasteiger charge is -2.27. The Kier molecular flexibility index (Phi) is 7.69. The molecule has 2 rings (SSSR count). The van der Waals surface area contributed by atoms with Gasteiger partial charge in [0.15, 0.2) is 0 Å². The van der Waals surface area contributed by atoms with Gasteiger partial charge in [0.1, 0.15) is 0 Å². The Morgan fingerprint density at radius 1 is 1.07 bits per heavy atom. The lowest BCUT2D eigenvalue weighted by Crippen LogP contribution is -2.23. The van der Waals surface area contributed by atoms with E-state index in [2.05, 4.69) is 43.7 Å². The third-order valence-corrected chi connectivity index (χ3v) is 5.92. The van der Waals surface area contributed by atoms with Crippen molar-refractivity contribution in [2.24, 2.45) is 0 Å². The van der Waals surface area contributed by atoms with Gasteiger partial charge in [-0.05, 0) is 54.3 Å². The minimum absolute atomic E-state index is 0.000891. The number of anilines is 2. The average Bonchev–Trinajstić information content (AvgIpc) is 2.66. The van der Waals surface area contributed by atoms with E-state index in [1.54, 1.807) is 11.8 Å². The van der Waals surface area contributed by atoms with Crippen molar-refractivity contribution >= 4 is 35.0 Å². The molecule has 0 saturated heterocycles. The molecule has 0 fully saturated rings. The lowest BCUT2D eigenvalue weighted by molar-refractivity contribution is -0.116. The fraction of sp³-hybridized carbons (Fsp3) is 0.391. The van der Waals surface area contributed by atoms with Crippen LogP contribution < -0.4 is 10.6 Å². The van der Waals surface area contributed by atoms with Crippen molar-refractivity contribution < 1.29 is 9.59 Å². The van der Waals surface area contributed by atoms with Crippen LogP contribution in [-0.2, 0) is 15.0 Å². The standard InChI is InChI=1S/C23H30N2O2S/c1-16(28-5)18-9-8-10-19(15-18)25-22(27)13-14-23(3,4)20-11-6-7-12-21(20)24-17(2)26/h6-12,15-16H,13-14H2,1-5H3,(H,24,26)(H,25,27). The summed E-state index contributed by atoms with van der Waals surface area (Å²) in [6.07, 6.45) is 3.16. The molecule has 0 aromatic heterocycles. The van der Waals surface area contributed by atoms with Crippen LogP contribution in [-0.4, -0.2) is 18.1 Å². The van der Waals surface area contributed by atoms with E-state index in [1.807, 2.05) is 42.5 Å². The Labute approximate surface area is 172 Å². The van der Waals surface area contributed by atoms with Crippen LogP contribution in [0.1, 0.15) is 56.9 Å². The first-order valence-electron chi connectivity index (χ1n) is 9.52. The maximum absolute atomic E-state index is 12.5. The van der Waals surface area contributed by atoms with E-state index < -0.39 is 0 Å². The minimum atomic E-state index is -0.244. The Balaban J connectivity index is 2.03. The zero-order chi connectivity index (χ0) is 20.7. The number of carbonyl (C=O) groups excluding carboxylic acids is 2. The van der Waals surface area contributed by atoms with Gasteiger partial charge in [0, 0.05) is 30.0 Å². The van der Waals surface area contributed by atoms with Gasteiger partial charge in [0.25, 0.3) is 0 Å². The predicted molar refractivity (Wildman–Crippen MR) is 120 cm³/mol. The molecular weight excluding hydrogens is 368 g/mol. The largest absolute Gasteiger partial charge is 0.326 e. The molecular formula is C23H30N2O2S. The van der Waals surface area contributed by atoms with Crippen molar-refractivity contribution in [1.82, 2.24) is 0 Å². The normalized spacial score (nSPS) is 12.3. The molecule has 0 bridgehead atoms. The van der Waals surface area contributed by atoms with Crippen LogP contribution in [0.3, 0.4) is 0 Å². The molecule has 2 N–H and O–H groups in total. The van der Waals surface area contributed by atoms with E-state index in [4.69, 9.17) is 0 Å². The summed E-state index contributed by atoms with van der Waals surface area (Å²) in [6.45, 7) is 7.85. The summed E-state index contributed by atoms with van der Waals surface area (Å²) in [6, 6.07) is 15.8. The Bertz CT molecular complexity index is 833. The number of amides is 2. The summed E-state index contributed by atoms with van der Waals surface area (Å²) < 4.78 is 0. The van der Waals surface area contributed by atoms with Gasteiger partial charge in [0.05, 0.1) is 0 Å². The van der Waals surface area contributed by atoms with E-state index in [0.717, 1.165) is 16.9 Å². The van der Waals surface area contributed by atoms with Crippen LogP contribution in [0.25, 0.3) is 0 Å². The molecule has 150 valence electrons. The number of rotatable bonds is 8. The molecule has 2 aromatic carbocycles. The van der Waals surface area contributed by atoms with Crippen LogP contribution in [0.15, 0.2) is 48.5 Å². The number of carbonyl (C=O) groups is 2. The zero-order valence-electron chi connectivity index (χ0n) is 17.3.